The van der Waals surface area contributed by atoms with Crippen LogP contribution in [0, 0.1) is 0 Å². The molecule has 0 fully saturated rings. The van der Waals surface area contributed by atoms with Crippen molar-refractivity contribution in [1.82, 2.24) is 9.88 Å². The molecule has 3 rings (SSSR count). The summed E-state index contributed by atoms with van der Waals surface area (Å²) in [6.45, 7) is 4.91. The molecular weight excluding hydrogens is 310 g/mol. The minimum atomic E-state index is 0.662. The molecule has 0 atom stereocenters. The molecule has 0 aliphatic carbocycles. The normalized spacial score (nSPS) is 15.9. The van der Waals surface area contributed by atoms with Crippen LogP contribution in [0.1, 0.15) is 12.5 Å². The fourth-order valence-corrected chi connectivity index (χ4v) is 3.57. The third-order valence-corrected chi connectivity index (χ3v) is 4.87. The molecule has 0 bridgehead atoms. The van der Waals surface area contributed by atoms with Gasteiger partial charge in [-0.3, -0.25) is 0 Å². The topological polar surface area (TPSA) is 60.6 Å². The minimum absolute atomic E-state index is 0.662. The van der Waals surface area contributed by atoms with Crippen molar-refractivity contribution in [2.24, 2.45) is 5.73 Å². The average Bonchev–Trinajstić information content (AvgIpc) is 2.57. The van der Waals surface area contributed by atoms with Crippen LogP contribution in [0.15, 0.2) is 40.5 Å². The Kier molecular flexibility index (Phi) is 4.93. The number of benzene rings is 1. The van der Waals surface area contributed by atoms with Crippen LogP contribution in [-0.4, -0.2) is 36.8 Å². The Hall–Kier alpha value is -1.92. The van der Waals surface area contributed by atoms with E-state index < -0.39 is 0 Å². The summed E-state index contributed by atoms with van der Waals surface area (Å²) in [5.41, 5.74) is 7.96. The van der Waals surface area contributed by atoms with Gasteiger partial charge in [0.25, 0.3) is 0 Å². The smallest absolute Gasteiger partial charge is 0.120 e. The van der Waals surface area contributed by atoms with Crippen molar-refractivity contribution in [3.05, 3.63) is 41.1 Å². The molecule has 2 heterocycles. The molecule has 1 aliphatic heterocycles. The lowest BCUT2D eigenvalue weighted by atomic mass is 10.1. The van der Waals surface area contributed by atoms with Gasteiger partial charge in [0.1, 0.15) is 10.8 Å². The Morgan fingerprint density at radius 1 is 1.39 bits per heavy atom. The summed E-state index contributed by atoms with van der Waals surface area (Å²) in [5.74, 6) is 0.879. The Balaban J connectivity index is 1.95. The van der Waals surface area contributed by atoms with Gasteiger partial charge in [-0.1, -0.05) is 11.8 Å². The van der Waals surface area contributed by atoms with Gasteiger partial charge in [0, 0.05) is 37.3 Å². The summed E-state index contributed by atoms with van der Waals surface area (Å²) < 4.78 is 10.8. The molecule has 2 aromatic rings. The maximum atomic E-state index is 5.78. The van der Waals surface area contributed by atoms with E-state index >= 15 is 0 Å². The van der Waals surface area contributed by atoms with Crippen molar-refractivity contribution in [2.45, 2.75) is 18.5 Å². The predicted molar refractivity (Wildman–Crippen MR) is 93.3 cm³/mol. The molecule has 0 radical (unpaired) electrons. The first-order valence-electron chi connectivity index (χ1n) is 7.65. The average molecular weight is 331 g/mol. The Labute approximate surface area is 140 Å². The summed E-state index contributed by atoms with van der Waals surface area (Å²) in [6, 6.07) is 8.21. The van der Waals surface area contributed by atoms with Crippen LogP contribution in [0.25, 0.3) is 10.9 Å². The molecule has 23 heavy (non-hydrogen) atoms. The lowest BCUT2D eigenvalue weighted by molar-refractivity contribution is 0.164. The third-order valence-electron chi connectivity index (χ3n) is 3.72. The number of hydrogen-bond acceptors (Lipinski definition) is 6. The number of ether oxygens (including phenoxy) is 2. The van der Waals surface area contributed by atoms with Crippen molar-refractivity contribution in [1.29, 1.82) is 0 Å². The first-order chi connectivity index (χ1) is 11.2. The molecule has 2 N–H and O–H groups in total. The Morgan fingerprint density at radius 3 is 3.00 bits per heavy atom. The maximum absolute atomic E-state index is 5.78. The summed E-state index contributed by atoms with van der Waals surface area (Å²) in [4.78, 5) is 7.00. The van der Waals surface area contributed by atoms with Crippen LogP contribution in [0.2, 0.25) is 0 Å². The van der Waals surface area contributed by atoms with Crippen LogP contribution in [0.3, 0.4) is 0 Å². The lowest BCUT2D eigenvalue weighted by Crippen LogP contribution is -2.29. The van der Waals surface area contributed by atoms with Crippen molar-refractivity contribution in [3.8, 4) is 5.75 Å². The standard InChI is InChI=1S/C17H21N3O2S/c1-3-22-14-4-5-15-12(9-14)8-13-11-20(6-7-21-2)16(10-18)23-17(13)19-15/h4-5,8-10H,3,6-7,11,18H2,1-2H3/b16-10+. The van der Waals surface area contributed by atoms with Crippen LogP contribution in [0.5, 0.6) is 5.75 Å². The van der Waals surface area contributed by atoms with E-state index in [0.717, 1.165) is 39.8 Å². The first-order valence-corrected chi connectivity index (χ1v) is 8.47. The molecule has 0 unspecified atom stereocenters. The van der Waals surface area contributed by atoms with Gasteiger partial charge in [0.05, 0.1) is 23.8 Å². The van der Waals surface area contributed by atoms with Gasteiger partial charge < -0.3 is 20.1 Å². The minimum Gasteiger partial charge on any atom is -0.494 e. The molecule has 1 aromatic heterocycles. The van der Waals surface area contributed by atoms with Gasteiger partial charge in [-0.25, -0.2) is 4.98 Å². The second-order valence-corrected chi connectivity index (χ2v) is 6.27. The predicted octanol–water partition coefficient (Wildman–Crippen LogP) is 2.95. The third kappa shape index (κ3) is 3.38. The molecule has 0 saturated carbocycles. The lowest BCUT2D eigenvalue weighted by Gasteiger charge is -2.31. The number of nitrogens with zero attached hydrogens (tertiary/aromatic N) is 2. The van der Waals surface area contributed by atoms with Crippen molar-refractivity contribution >= 4 is 22.7 Å². The van der Waals surface area contributed by atoms with Gasteiger partial charge in [-0.15, -0.1) is 0 Å². The number of rotatable bonds is 5. The van der Waals surface area contributed by atoms with Gasteiger partial charge in [0.2, 0.25) is 0 Å². The molecule has 0 spiro atoms. The number of fused-ring (bicyclic) bond motifs is 2. The highest BCUT2D eigenvalue weighted by Crippen LogP contribution is 2.38. The number of aromatic nitrogens is 1. The van der Waals surface area contributed by atoms with E-state index in [-0.39, 0.29) is 0 Å². The number of thioether (sulfide) groups is 1. The van der Waals surface area contributed by atoms with E-state index in [1.165, 1.54) is 5.56 Å². The highest BCUT2D eigenvalue weighted by Gasteiger charge is 2.22. The molecule has 1 aliphatic rings. The second kappa shape index (κ2) is 7.10. The largest absolute Gasteiger partial charge is 0.494 e. The molecule has 1 aromatic carbocycles. The van der Waals surface area contributed by atoms with Crippen molar-refractivity contribution in [2.75, 3.05) is 26.9 Å². The zero-order valence-corrected chi connectivity index (χ0v) is 14.2. The summed E-state index contributed by atoms with van der Waals surface area (Å²) in [5, 5.41) is 3.14. The van der Waals surface area contributed by atoms with Gasteiger partial charge in [-0.2, -0.15) is 0 Å². The molecule has 0 amide bonds. The van der Waals surface area contributed by atoms with E-state index in [0.29, 0.717) is 13.2 Å². The highest BCUT2D eigenvalue weighted by molar-refractivity contribution is 8.03. The molecule has 6 heteroatoms. The zero-order chi connectivity index (χ0) is 16.2. The molecule has 5 nitrogen and oxygen atoms in total. The van der Waals surface area contributed by atoms with Gasteiger partial charge in [-0.05, 0) is 31.2 Å². The van der Waals surface area contributed by atoms with Gasteiger partial charge in [0.15, 0.2) is 0 Å². The zero-order valence-electron chi connectivity index (χ0n) is 13.4. The van der Waals surface area contributed by atoms with Crippen LogP contribution in [0.4, 0.5) is 0 Å². The Morgan fingerprint density at radius 2 is 2.26 bits per heavy atom. The SMILES string of the molecule is CCOc1ccc2nc3c(cc2c1)CN(CCOC)/C(=C\N)S3. The van der Waals surface area contributed by atoms with Crippen molar-refractivity contribution in [3.63, 3.8) is 0 Å². The number of nitrogens with two attached hydrogens (primary N) is 1. The maximum Gasteiger partial charge on any atom is 0.120 e. The van der Waals surface area contributed by atoms with Crippen LogP contribution < -0.4 is 10.5 Å². The van der Waals surface area contributed by atoms with E-state index in [2.05, 4.69) is 11.0 Å². The fraction of sp³-hybridized carbons (Fsp3) is 0.353. The summed E-state index contributed by atoms with van der Waals surface area (Å²) >= 11 is 1.61. The van der Waals surface area contributed by atoms with E-state index in [1.807, 2.05) is 25.1 Å². The van der Waals surface area contributed by atoms with E-state index in [4.69, 9.17) is 20.2 Å². The molecular formula is C17H21N3O2S. The monoisotopic (exact) mass is 331 g/mol. The molecule has 0 saturated heterocycles. The van der Waals surface area contributed by atoms with Crippen LogP contribution in [-0.2, 0) is 11.3 Å². The molecule has 122 valence electrons. The fourth-order valence-electron chi connectivity index (χ4n) is 2.62. The number of hydrogen-bond donors (Lipinski definition) is 1. The van der Waals surface area contributed by atoms with E-state index in [1.54, 1.807) is 25.1 Å². The second-order valence-electron chi connectivity index (χ2n) is 5.26. The number of methoxy groups -OCH3 is 1. The van der Waals surface area contributed by atoms with Gasteiger partial charge >= 0.3 is 0 Å². The Bertz CT molecular complexity index is 733. The first kappa shape index (κ1) is 16.0. The highest BCUT2D eigenvalue weighted by atomic mass is 32.2. The van der Waals surface area contributed by atoms with Crippen molar-refractivity contribution < 1.29 is 9.47 Å². The number of pyridine rings is 1. The van der Waals surface area contributed by atoms with Crippen LogP contribution >= 0.6 is 11.8 Å². The summed E-state index contributed by atoms with van der Waals surface area (Å²) in [7, 11) is 1.71. The quantitative estimate of drug-likeness (QED) is 0.909. The van der Waals surface area contributed by atoms with E-state index in [9.17, 15) is 0 Å². The summed E-state index contributed by atoms with van der Waals surface area (Å²) in [6.07, 6.45) is 1.65.